The Bertz CT molecular complexity index is 288. The van der Waals surface area contributed by atoms with Gasteiger partial charge in [-0.25, -0.2) is 4.79 Å². The van der Waals surface area contributed by atoms with Crippen LogP contribution in [0.15, 0.2) is 0 Å². The molecule has 0 aromatic heterocycles. The molecule has 112 valence electrons. The van der Waals surface area contributed by atoms with Gasteiger partial charge in [0, 0.05) is 6.54 Å². The van der Waals surface area contributed by atoms with Crippen LogP contribution in [0.25, 0.3) is 0 Å². The molecule has 0 aliphatic carbocycles. The number of hydrogen-bond donors (Lipinski definition) is 2. The maximum atomic E-state index is 11.2. The second-order valence-electron chi connectivity index (χ2n) is 4.88. The first-order valence-corrected chi connectivity index (χ1v) is 6.63. The predicted molar refractivity (Wildman–Crippen MR) is 74.5 cm³/mol. The normalized spacial score (nSPS) is 12.7. The Morgan fingerprint density at radius 3 is 2.37 bits per heavy atom. The maximum Gasteiger partial charge on any atom is 0.407 e. The molecule has 0 saturated carbocycles. The lowest BCUT2D eigenvalue weighted by Gasteiger charge is -2.19. The minimum atomic E-state index is -0.511. The Morgan fingerprint density at radius 2 is 1.84 bits per heavy atom. The first kappa shape index (κ1) is 18.0. The Balaban J connectivity index is 3.41. The number of carbonyl (C=O) groups excluding carboxylic acids is 2. The van der Waals surface area contributed by atoms with E-state index in [4.69, 9.17) is 14.2 Å². The van der Waals surface area contributed by atoms with Crippen LogP contribution in [0.4, 0.5) is 4.79 Å². The van der Waals surface area contributed by atoms with Crippen molar-refractivity contribution in [1.82, 2.24) is 5.32 Å². The molecule has 0 aromatic carbocycles. The van der Waals surface area contributed by atoms with Gasteiger partial charge in [0.2, 0.25) is 0 Å². The second kappa shape index (κ2) is 9.03. The van der Waals surface area contributed by atoms with Gasteiger partial charge in [0.15, 0.2) is 0 Å². The zero-order valence-electron chi connectivity index (χ0n) is 11.9. The van der Waals surface area contributed by atoms with E-state index < -0.39 is 16.9 Å². The highest BCUT2D eigenvalue weighted by atomic mass is 32.1. The molecular weight excluding hydrogens is 270 g/mol. The van der Waals surface area contributed by atoms with Gasteiger partial charge in [-0.2, -0.15) is 12.6 Å². The summed E-state index contributed by atoms with van der Waals surface area (Å²) in [5, 5.41) is 2.11. The van der Waals surface area contributed by atoms with Crippen molar-refractivity contribution in [2.75, 3.05) is 26.4 Å². The third kappa shape index (κ3) is 11.9. The molecule has 1 atom stereocenters. The highest BCUT2D eigenvalue weighted by Crippen LogP contribution is 2.05. The van der Waals surface area contributed by atoms with Crippen molar-refractivity contribution in [1.29, 1.82) is 0 Å². The van der Waals surface area contributed by atoms with E-state index in [-0.39, 0.29) is 19.2 Å². The molecule has 0 fully saturated rings. The first-order valence-electron chi connectivity index (χ1n) is 6.11. The molecule has 0 aromatic rings. The SMILES string of the molecule is CC(S)C(=O)OCCOCCNC(=O)OC(C)(C)C. The van der Waals surface area contributed by atoms with Gasteiger partial charge in [-0.1, -0.05) is 0 Å². The molecule has 1 N–H and O–H groups in total. The summed E-state index contributed by atoms with van der Waals surface area (Å²) in [5.41, 5.74) is -0.511. The molecule has 0 spiro atoms. The van der Waals surface area contributed by atoms with Crippen molar-refractivity contribution in [3.05, 3.63) is 0 Å². The summed E-state index contributed by atoms with van der Waals surface area (Å²) in [6, 6.07) is 0. The van der Waals surface area contributed by atoms with Crippen molar-refractivity contribution in [2.45, 2.75) is 38.5 Å². The summed E-state index contributed by atoms with van der Waals surface area (Å²) in [6.45, 7) is 8.13. The van der Waals surface area contributed by atoms with Gasteiger partial charge in [-0.15, -0.1) is 0 Å². The number of nitrogens with one attached hydrogen (secondary N) is 1. The van der Waals surface area contributed by atoms with E-state index in [1.54, 1.807) is 27.7 Å². The number of ether oxygens (including phenoxy) is 3. The fraction of sp³-hybridized carbons (Fsp3) is 0.833. The number of esters is 1. The first-order chi connectivity index (χ1) is 8.72. The summed E-state index contributed by atoms with van der Waals surface area (Å²) >= 11 is 3.93. The van der Waals surface area contributed by atoms with E-state index in [1.807, 2.05) is 0 Å². The number of rotatable bonds is 7. The Labute approximate surface area is 119 Å². The molecule has 1 amide bonds. The summed E-state index contributed by atoms with van der Waals surface area (Å²) in [6.07, 6.45) is -0.480. The second-order valence-corrected chi connectivity index (χ2v) is 5.66. The molecule has 0 rings (SSSR count). The van der Waals surface area contributed by atoms with E-state index in [2.05, 4.69) is 17.9 Å². The number of hydrogen-bond acceptors (Lipinski definition) is 6. The van der Waals surface area contributed by atoms with Crippen LogP contribution in [0, 0.1) is 0 Å². The van der Waals surface area contributed by atoms with Gasteiger partial charge in [0.05, 0.1) is 18.5 Å². The number of amides is 1. The predicted octanol–water partition coefficient (Wildman–Crippen LogP) is 1.39. The van der Waals surface area contributed by atoms with Gasteiger partial charge in [-0.3, -0.25) is 4.79 Å². The van der Waals surface area contributed by atoms with E-state index in [1.165, 1.54) is 0 Å². The molecule has 0 bridgehead atoms. The van der Waals surface area contributed by atoms with E-state index in [9.17, 15) is 9.59 Å². The van der Waals surface area contributed by atoms with Crippen LogP contribution >= 0.6 is 12.6 Å². The maximum absolute atomic E-state index is 11.2. The minimum Gasteiger partial charge on any atom is -0.462 e. The molecule has 0 radical (unpaired) electrons. The van der Waals surface area contributed by atoms with Crippen LogP contribution in [0.2, 0.25) is 0 Å². The van der Waals surface area contributed by atoms with Gasteiger partial charge < -0.3 is 19.5 Å². The van der Waals surface area contributed by atoms with Gasteiger partial charge in [0.25, 0.3) is 0 Å². The lowest BCUT2D eigenvalue weighted by molar-refractivity contribution is -0.144. The highest BCUT2D eigenvalue weighted by molar-refractivity contribution is 7.81. The highest BCUT2D eigenvalue weighted by Gasteiger charge is 2.15. The van der Waals surface area contributed by atoms with Crippen LogP contribution in [0.5, 0.6) is 0 Å². The molecule has 0 aliphatic heterocycles. The van der Waals surface area contributed by atoms with Crippen LogP contribution in [0.3, 0.4) is 0 Å². The zero-order valence-corrected chi connectivity index (χ0v) is 12.8. The van der Waals surface area contributed by atoms with E-state index in [0.717, 1.165) is 0 Å². The lowest BCUT2D eigenvalue weighted by atomic mass is 10.2. The number of carbonyl (C=O) groups is 2. The molecule has 19 heavy (non-hydrogen) atoms. The Morgan fingerprint density at radius 1 is 1.21 bits per heavy atom. The number of alkyl carbamates (subject to hydrolysis) is 1. The minimum absolute atomic E-state index is 0.177. The summed E-state index contributed by atoms with van der Waals surface area (Å²) < 4.78 is 15.1. The van der Waals surface area contributed by atoms with Crippen LogP contribution in [-0.2, 0) is 19.0 Å². The van der Waals surface area contributed by atoms with Crippen molar-refractivity contribution in [3.63, 3.8) is 0 Å². The fourth-order valence-electron chi connectivity index (χ4n) is 0.963. The smallest absolute Gasteiger partial charge is 0.407 e. The Hall–Kier alpha value is -0.950. The van der Waals surface area contributed by atoms with Crippen molar-refractivity contribution in [3.8, 4) is 0 Å². The lowest BCUT2D eigenvalue weighted by Crippen LogP contribution is -2.34. The van der Waals surface area contributed by atoms with Crippen molar-refractivity contribution < 1.29 is 23.8 Å². The fourth-order valence-corrected chi connectivity index (χ4v) is 1.04. The standard InChI is InChI=1S/C12H23NO5S/c1-9(19)10(14)17-8-7-16-6-5-13-11(15)18-12(2,3)4/h9,19H,5-8H2,1-4H3,(H,13,15). The summed E-state index contributed by atoms with van der Waals surface area (Å²) in [5.74, 6) is -0.376. The van der Waals surface area contributed by atoms with E-state index in [0.29, 0.717) is 13.2 Å². The van der Waals surface area contributed by atoms with Gasteiger partial charge in [-0.05, 0) is 27.7 Å². The number of thiol groups is 1. The molecular formula is C12H23NO5S. The molecule has 0 saturated heterocycles. The monoisotopic (exact) mass is 293 g/mol. The molecule has 1 unspecified atom stereocenters. The molecule has 0 aliphatic rings. The average molecular weight is 293 g/mol. The quantitative estimate of drug-likeness (QED) is 0.421. The van der Waals surface area contributed by atoms with Crippen LogP contribution < -0.4 is 5.32 Å². The zero-order chi connectivity index (χ0) is 14.9. The molecule has 6 nitrogen and oxygen atoms in total. The van der Waals surface area contributed by atoms with Crippen LogP contribution in [0.1, 0.15) is 27.7 Å². The molecule has 7 heteroatoms. The topological polar surface area (TPSA) is 73.9 Å². The largest absolute Gasteiger partial charge is 0.462 e. The Kier molecular flexibility index (Phi) is 8.58. The third-order valence-corrected chi connectivity index (χ3v) is 1.94. The van der Waals surface area contributed by atoms with E-state index >= 15 is 0 Å². The third-order valence-electron chi connectivity index (χ3n) is 1.73. The van der Waals surface area contributed by atoms with Crippen molar-refractivity contribution >= 4 is 24.7 Å². The summed E-state index contributed by atoms with van der Waals surface area (Å²) in [7, 11) is 0. The van der Waals surface area contributed by atoms with Gasteiger partial charge >= 0.3 is 12.1 Å². The van der Waals surface area contributed by atoms with Gasteiger partial charge in [0.1, 0.15) is 12.2 Å². The van der Waals surface area contributed by atoms with Crippen LogP contribution in [-0.4, -0.2) is 49.3 Å². The van der Waals surface area contributed by atoms with Crippen molar-refractivity contribution in [2.24, 2.45) is 0 Å². The molecule has 0 heterocycles. The average Bonchev–Trinajstić information content (AvgIpc) is 2.24. The summed E-state index contributed by atoms with van der Waals surface area (Å²) in [4.78, 5) is 22.3.